The minimum absolute atomic E-state index is 0.598. The summed E-state index contributed by atoms with van der Waals surface area (Å²) in [4.78, 5) is 14.6. The molecule has 2 bridgehead atoms. The van der Waals surface area contributed by atoms with Crippen LogP contribution in [0.4, 0.5) is 5.95 Å². The zero-order chi connectivity index (χ0) is 15.8. The van der Waals surface area contributed by atoms with Crippen molar-refractivity contribution in [1.29, 1.82) is 0 Å². The molecule has 0 amide bonds. The highest BCUT2D eigenvalue weighted by molar-refractivity contribution is 5.38. The first kappa shape index (κ1) is 15.3. The second-order valence-electron chi connectivity index (χ2n) is 7.68. The molecule has 4 rings (SSSR count). The molecule has 3 fully saturated rings. The van der Waals surface area contributed by atoms with Crippen molar-refractivity contribution < 1.29 is 0 Å². The molecule has 3 saturated heterocycles. The maximum atomic E-state index is 4.76. The Hall–Kier alpha value is -1.20. The van der Waals surface area contributed by atoms with Crippen LogP contribution in [0.25, 0.3) is 0 Å². The van der Waals surface area contributed by atoms with Crippen LogP contribution < -0.4 is 10.2 Å². The summed E-state index contributed by atoms with van der Waals surface area (Å²) in [6, 6.07) is 1.84. The second kappa shape index (κ2) is 6.36. The van der Waals surface area contributed by atoms with Crippen molar-refractivity contribution in [3.8, 4) is 0 Å². The molecule has 5 heteroatoms. The Bertz CT molecular complexity index is 509. The molecule has 23 heavy (non-hydrogen) atoms. The van der Waals surface area contributed by atoms with Gasteiger partial charge in [0.15, 0.2) is 0 Å². The number of piperazine rings is 1. The highest BCUT2D eigenvalue weighted by atomic mass is 15.4. The van der Waals surface area contributed by atoms with Crippen LogP contribution in [0, 0.1) is 0 Å². The molecule has 0 aliphatic carbocycles. The summed E-state index contributed by atoms with van der Waals surface area (Å²) >= 11 is 0. The average Bonchev–Trinajstić information content (AvgIpc) is 2.85. The van der Waals surface area contributed by atoms with Gasteiger partial charge in [-0.05, 0) is 64.1 Å². The number of hydrogen-bond donors (Lipinski definition) is 1. The van der Waals surface area contributed by atoms with Crippen molar-refractivity contribution in [2.45, 2.75) is 63.6 Å². The highest BCUT2D eigenvalue weighted by Crippen LogP contribution is 2.34. The van der Waals surface area contributed by atoms with Gasteiger partial charge in [0.25, 0.3) is 0 Å². The zero-order valence-corrected chi connectivity index (χ0v) is 14.4. The van der Waals surface area contributed by atoms with E-state index in [0.29, 0.717) is 24.0 Å². The third-order valence-electron chi connectivity index (χ3n) is 5.94. The van der Waals surface area contributed by atoms with Crippen molar-refractivity contribution in [3.63, 3.8) is 0 Å². The number of nitrogens with zero attached hydrogens (tertiary/aromatic N) is 4. The van der Waals surface area contributed by atoms with E-state index in [2.05, 4.69) is 41.4 Å². The Kier molecular flexibility index (Phi) is 4.24. The van der Waals surface area contributed by atoms with Gasteiger partial charge < -0.3 is 10.2 Å². The minimum atomic E-state index is 0.598. The summed E-state index contributed by atoms with van der Waals surface area (Å²) in [5.74, 6) is 1.60. The number of piperidine rings is 1. The predicted octanol–water partition coefficient (Wildman–Crippen LogP) is 2.00. The first-order valence-corrected chi connectivity index (χ1v) is 9.27. The Morgan fingerprint density at radius 1 is 1.00 bits per heavy atom. The van der Waals surface area contributed by atoms with Crippen molar-refractivity contribution in [1.82, 2.24) is 20.2 Å². The molecule has 0 radical (unpaired) electrons. The molecule has 3 aliphatic heterocycles. The van der Waals surface area contributed by atoms with Crippen molar-refractivity contribution in [3.05, 3.63) is 18.0 Å². The highest BCUT2D eigenvalue weighted by Gasteiger charge is 2.41. The fourth-order valence-corrected chi connectivity index (χ4v) is 4.51. The number of aromatic nitrogens is 2. The molecular formula is C18H29N5. The molecule has 4 heterocycles. The van der Waals surface area contributed by atoms with Crippen LogP contribution in [0.5, 0.6) is 0 Å². The zero-order valence-electron chi connectivity index (χ0n) is 14.4. The number of rotatable bonds is 3. The van der Waals surface area contributed by atoms with E-state index < -0.39 is 0 Å². The normalized spacial score (nSPS) is 29.4. The van der Waals surface area contributed by atoms with E-state index in [1.54, 1.807) is 0 Å². The monoisotopic (exact) mass is 315 g/mol. The summed E-state index contributed by atoms with van der Waals surface area (Å²) < 4.78 is 0. The van der Waals surface area contributed by atoms with Crippen LogP contribution >= 0.6 is 0 Å². The summed E-state index contributed by atoms with van der Waals surface area (Å²) in [5.41, 5.74) is 1.32. The summed E-state index contributed by atoms with van der Waals surface area (Å²) in [6.07, 6.45) is 9.17. The molecule has 5 nitrogen and oxygen atoms in total. The largest absolute Gasteiger partial charge is 0.332 e. The van der Waals surface area contributed by atoms with Gasteiger partial charge in [0.1, 0.15) is 0 Å². The molecule has 0 spiro atoms. The third kappa shape index (κ3) is 2.96. The Morgan fingerprint density at radius 2 is 1.61 bits per heavy atom. The first-order valence-electron chi connectivity index (χ1n) is 9.27. The number of anilines is 1. The lowest BCUT2D eigenvalue weighted by Gasteiger charge is -2.42. The van der Waals surface area contributed by atoms with Crippen LogP contribution in [0.15, 0.2) is 12.4 Å². The number of hydrogen-bond acceptors (Lipinski definition) is 5. The lowest BCUT2D eigenvalue weighted by atomic mass is 9.92. The molecule has 1 N–H and O–H groups in total. The van der Waals surface area contributed by atoms with Gasteiger partial charge in [-0.3, -0.25) is 4.90 Å². The number of fused-ring (bicyclic) bond motifs is 2. The SMILES string of the molecule is CC(C)N1CC2CCC(C1)N2c1ncc(C2CCNCC2)cn1. The number of likely N-dealkylation sites (tertiary alicyclic amines) is 1. The Labute approximate surface area is 139 Å². The van der Waals surface area contributed by atoms with Gasteiger partial charge in [0, 0.05) is 43.6 Å². The van der Waals surface area contributed by atoms with Crippen LogP contribution in [0.3, 0.4) is 0 Å². The quantitative estimate of drug-likeness (QED) is 0.924. The molecule has 3 aliphatic rings. The molecule has 2 unspecified atom stereocenters. The minimum Gasteiger partial charge on any atom is -0.332 e. The van der Waals surface area contributed by atoms with E-state index in [4.69, 9.17) is 9.97 Å². The topological polar surface area (TPSA) is 44.3 Å². The molecular weight excluding hydrogens is 286 g/mol. The van der Waals surface area contributed by atoms with Crippen LogP contribution in [-0.2, 0) is 0 Å². The maximum Gasteiger partial charge on any atom is 0.225 e. The Balaban J connectivity index is 1.48. The maximum absolute atomic E-state index is 4.76. The predicted molar refractivity (Wildman–Crippen MR) is 92.9 cm³/mol. The molecule has 1 aromatic heterocycles. The summed E-state index contributed by atoms with van der Waals surface area (Å²) in [7, 11) is 0. The first-order chi connectivity index (χ1) is 11.2. The molecule has 126 valence electrons. The third-order valence-corrected chi connectivity index (χ3v) is 5.94. The number of nitrogens with one attached hydrogen (secondary N) is 1. The van der Waals surface area contributed by atoms with Gasteiger partial charge in [-0.1, -0.05) is 0 Å². The van der Waals surface area contributed by atoms with Crippen LogP contribution in [0.2, 0.25) is 0 Å². The molecule has 2 atom stereocenters. The smallest absolute Gasteiger partial charge is 0.225 e. The van der Waals surface area contributed by atoms with E-state index in [9.17, 15) is 0 Å². The van der Waals surface area contributed by atoms with Crippen LogP contribution in [-0.4, -0.2) is 59.2 Å². The van der Waals surface area contributed by atoms with Crippen molar-refractivity contribution >= 4 is 5.95 Å². The van der Waals surface area contributed by atoms with E-state index >= 15 is 0 Å². The molecule has 1 aromatic rings. The molecule has 0 aromatic carbocycles. The Morgan fingerprint density at radius 3 is 2.17 bits per heavy atom. The van der Waals surface area contributed by atoms with E-state index in [1.807, 2.05) is 0 Å². The second-order valence-corrected chi connectivity index (χ2v) is 7.68. The van der Waals surface area contributed by atoms with Gasteiger partial charge >= 0.3 is 0 Å². The van der Waals surface area contributed by atoms with Gasteiger partial charge in [-0.2, -0.15) is 0 Å². The van der Waals surface area contributed by atoms with Gasteiger partial charge in [0.2, 0.25) is 5.95 Å². The lowest BCUT2D eigenvalue weighted by Crippen LogP contribution is -2.56. The fraction of sp³-hybridized carbons (Fsp3) is 0.778. The van der Waals surface area contributed by atoms with E-state index in [1.165, 1.54) is 31.2 Å². The van der Waals surface area contributed by atoms with E-state index in [-0.39, 0.29) is 0 Å². The van der Waals surface area contributed by atoms with Crippen LogP contribution in [0.1, 0.15) is 51.0 Å². The van der Waals surface area contributed by atoms with Gasteiger partial charge in [-0.25, -0.2) is 9.97 Å². The van der Waals surface area contributed by atoms with Crippen molar-refractivity contribution in [2.24, 2.45) is 0 Å². The lowest BCUT2D eigenvalue weighted by molar-refractivity contribution is 0.176. The van der Waals surface area contributed by atoms with Crippen molar-refractivity contribution in [2.75, 3.05) is 31.1 Å². The van der Waals surface area contributed by atoms with E-state index in [0.717, 1.165) is 32.1 Å². The summed E-state index contributed by atoms with van der Waals surface area (Å²) in [5, 5.41) is 3.43. The fourth-order valence-electron chi connectivity index (χ4n) is 4.51. The van der Waals surface area contributed by atoms with Gasteiger partial charge in [-0.15, -0.1) is 0 Å². The average molecular weight is 315 g/mol. The van der Waals surface area contributed by atoms with Gasteiger partial charge in [0.05, 0.1) is 0 Å². The summed E-state index contributed by atoms with van der Waals surface area (Å²) in [6.45, 7) is 9.17. The molecule has 0 saturated carbocycles. The standard InChI is InChI=1S/C18H29N5/c1-13(2)22-11-16-3-4-17(12-22)23(16)18-20-9-15(10-21-18)14-5-7-19-8-6-14/h9-10,13-14,16-17,19H,3-8,11-12H2,1-2H3.